The van der Waals surface area contributed by atoms with Crippen molar-refractivity contribution in [2.75, 3.05) is 14.2 Å². The maximum absolute atomic E-state index is 10.6. The van der Waals surface area contributed by atoms with Gasteiger partial charge in [-0.1, -0.05) is 36.4 Å². The number of ether oxygens (including phenoxy) is 2. The topological polar surface area (TPSA) is 38.7 Å². The first-order valence-corrected chi connectivity index (χ1v) is 5.13. The zero-order valence-corrected chi connectivity index (χ0v) is 9.72. The zero-order chi connectivity index (χ0) is 12.0. The summed E-state index contributed by atoms with van der Waals surface area (Å²) in [4.78, 5) is 0. The van der Waals surface area contributed by atoms with Gasteiger partial charge in [0.2, 0.25) is 0 Å². The molecule has 1 N–H and O–H groups in total. The summed E-state index contributed by atoms with van der Waals surface area (Å²) in [6, 6.07) is 9.31. The van der Waals surface area contributed by atoms with Gasteiger partial charge in [0.15, 0.2) is 6.29 Å². The molecule has 1 unspecified atom stereocenters. The molecule has 1 atom stereocenters. The van der Waals surface area contributed by atoms with Gasteiger partial charge in [-0.3, -0.25) is 0 Å². The average molecular weight is 222 g/mol. The second kappa shape index (κ2) is 5.80. The van der Waals surface area contributed by atoms with Gasteiger partial charge < -0.3 is 14.6 Å². The third kappa shape index (κ3) is 2.50. The highest BCUT2D eigenvalue weighted by molar-refractivity contribution is 5.24. The van der Waals surface area contributed by atoms with E-state index >= 15 is 0 Å². The van der Waals surface area contributed by atoms with E-state index in [1.54, 1.807) is 6.08 Å². The smallest absolute Gasteiger partial charge is 0.190 e. The molecule has 0 aromatic heterocycles. The third-order valence-corrected chi connectivity index (χ3v) is 2.55. The molecule has 0 radical (unpaired) electrons. The molecule has 0 spiro atoms. The van der Waals surface area contributed by atoms with Gasteiger partial charge in [-0.2, -0.15) is 0 Å². The molecule has 0 aliphatic carbocycles. The summed E-state index contributed by atoms with van der Waals surface area (Å²) >= 11 is 0. The van der Waals surface area contributed by atoms with Gasteiger partial charge in [0.1, 0.15) is 5.60 Å². The van der Waals surface area contributed by atoms with Gasteiger partial charge in [-0.15, -0.1) is 6.58 Å². The van der Waals surface area contributed by atoms with E-state index in [-0.39, 0.29) is 0 Å². The third-order valence-electron chi connectivity index (χ3n) is 2.55. The Morgan fingerprint density at radius 1 is 1.31 bits per heavy atom. The number of rotatable bonds is 6. The highest BCUT2D eigenvalue weighted by Crippen LogP contribution is 2.31. The van der Waals surface area contributed by atoms with E-state index in [0.717, 1.165) is 5.56 Å². The Bertz CT molecular complexity index is 319. The van der Waals surface area contributed by atoms with Crippen molar-refractivity contribution in [3.05, 3.63) is 48.6 Å². The van der Waals surface area contributed by atoms with E-state index in [9.17, 15) is 5.11 Å². The minimum atomic E-state index is -1.20. The summed E-state index contributed by atoms with van der Waals surface area (Å²) in [5, 5.41) is 10.6. The summed E-state index contributed by atoms with van der Waals surface area (Å²) in [6.07, 6.45) is 1.30. The highest BCUT2D eigenvalue weighted by Gasteiger charge is 2.38. The van der Waals surface area contributed by atoms with Crippen molar-refractivity contribution in [3.8, 4) is 0 Å². The van der Waals surface area contributed by atoms with Crippen LogP contribution in [-0.2, 0) is 15.1 Å². The Labute approximate surface area is 96.3 Å². The summed E-state index contributed by atoms with van der Waals surface area (Å²) < 4.78 is 10.3. The Kier molecular flexibility index (Phi) is 4.68. The van der Waals surface area contributed by atoms with Crippen molar-refractivity contribution in [2.45, 2.75) is 18.3 Å². The maximum atomic E-state index is 10.6. The predicted octanol–water partition coefficient (Wildman–Crippen LogP) is 2.07. The molecule has 0 aliphatic heterocycles. The van der Waals surface area contributed by atoms with Crippen LogP contribution in [-0.4, -0.2) is 25.6 Å². The Morgan fingerprint density at radius 2 is 1.88 bits per heavy atom. The quantitative estimate of drug-likeness (QED) is 0.591. The second-order valence-corrected chi connectivity index (χ2v) is 3.59. The Balaban J connectivity index is 3.09. The number of benzene rings is 1. The maximum Gasteiger partial charge on any atom is 0.190 e. The first-order chi connectivity index (χ1) is 7.69. The number of aliphatic hydroxyl groups is 1. The molecule has 1 aromatic rings. The first-order valence-electron chi connectivity index (χ1n) is 5.13. The van der Waals surface area contributed by atoms with E-state index in [1.807, 2.05) is 30.3 Å². The Hall–Kier alpha value is -1.16. The van der Waals surface area contributed by atoms with Gasteiger partial charge >= 0.3 is 0 Å². The molecule has 0 saturated carbocycles. The predicted molar refractivity (Wildman–Crippen MR) is 63.0 cm³/mol. The van der Waals surface area contributed by atoms with Gasteiger partial charge in [0.25, 0.3) is 0 Å². The van der Waals surface area contributed by atoms with E-state index < -0.39 is 11.9 Å². The summed E-state index contributed by atoms with van der Waals surface area (Å²) in [7, 11) is 3.01. The van der Waals surface area contributed by atoms with E-state index in [4.69, 9.17) is 9.47 Å². The molecular weight excluding hydrogens is 204 g/mol. The van der Waals surface area contributed by atoms with E-state index in [0.29, 0.717) is 6.42 Å². The fourth-order valence-electron chi connectivity index (χ4n) is 1.78. The molecule has 0 saturated heterocycles. The molecule has 0 bridgehead atoms. The van der Waals surface area contributed by atoms with Crippen molar-refractivity contribution >= 4 is 0 Å². The number of methoxy groups -OCH3 is 2. The van der Waals surface area contributed by atoms with Crippen LogP contribution in [0.1, 0.15) is 12.0 Å². The standard InChI is InChI=1S/C13H18O3/c1-4-10-13(14,12(15-2)16-3)11-8-6-5-7-9-11/h4-9,12,14H,1,10H2,2-3H3. The van der Waals surface area contributed by atoms with Crippen LogP contribution in [0.4, 0.5) is 0 Å². The van der Waals surface area contributed by atoms with Gasteiger partial charge in [-0.05, 0) is 5.56 Å². The average Bonchev–Trinajstić information content (AvgIpc) is 2.32. The molecule has 3 heteroatoms. The lowest BCUT2D eigenvalue weighted by Crippen LogP contribution is -2.41. The molecule has 3 nitrogen and oxygen atoms in total. The molecule has 1 aromatic carbocycles. The lowest BCUT2D eigenvalue weighted by molar-refractivity contribution is -0.219. The Morgan fingerprint density at radius 3 is 2.31 bits per heavy atom. The van der Waals surface area contributed by atoms with Crippen molar-refractivity contribution in [1.82, 2.24) is 0 Å². The van der Waals surface area contributed by atoms with Gasteiger partial charge in [0.05, 0.1) is 0 Å². The van der Waals surface area contributed by atoms with Crippen molar-refractivity contribution in [3.63, 3.8) is 0 Å². The lowest BCUT2D eigenvalue weighted by atomic mass is 9.89. The second-order valence-electron chi connectivity index (χ2n) is 3.59. The van der Waals surface area contributed by atoms with Crippen LogP contribution in [0.2, 0.25) is 0 Å². The lowest BCUT2D eigenvalue weighted by Gasteiger charge is -2.33. The van der Waals surface area contributed by atoms with Crippen molar-refractivity contribution in [1.29, 1.82) is 0 Å². The minimum absolute atomic E-state index is 0.364. The van der Waals surface area contributed by atoms with Gasteiger partial charge in [-0.25, -0.2) is 0 Å². The number of hydrogen-bond donors (Lipinski definition) is 1. The highest BCUT2D eigenvalue weighted by atomic mass is 16.7. The minimum Gasteiger partial charge on any atom is -0.379 e. The fourth-order valence-corrected chi connectivity index (χ4v) is 1.78. The zero-order valence-electron chi connectivity index (χ0n) is 9.72. The van der Waals surface area contributed by atoms with Crippen LogP contribution < -0.4 is 0 Å². The van der Waals surface area contributed by atoms with Gasteiger partial charge in [0, 0.05) is 20.6 Å². The van der Waals surface area contributed by atoms with Crippen molar-refractivity contribution < 1.29 is 14.6 Å². The van der Waals surface area contributed by atoms with Crippen LogP contribution in [0.5, 0.6) is 0 Å². The molecular formula is C13H18O3. The molecule has 0 heterocycles. The summed E-state index contributed by atoms with van der Waals surface area (Å²) in [5.41, 5.74) is -0.449. The molecule has 0 aliphatic rings. The molecule has 0 amide bonds. The van der Waals surface area contributed by atoms with Crippen LogP contribution in [0.3, 0.4) is 0 Å². The van der Waals surface area contributed by atoms with Crippen LogP contribution in [0.15, 0.2) is 43.0 Å². The van der Waals surface area contributed by atoms with Crippen LogP contribution >= 0.6 is 0 Å². The molecule has 0 fully saturated rings. The number of hydrogen-bond acceptors (Lipinski definition) is 3. The fraction of sp³-hybridized carbons (Fsp3) is 0.385. The SMILES string of the molecule is C=CCC(O)(c1ccccc1)C(OC)OC. The van der Waals surface area contributed by atoms with Crippen molar-refractivity contribution in [2.24, 2.45) is 0 Å². The van der Waals surface area contributed by atoms with Crippen LogP contribution in [0, 0.1) is 0 Å². The monoisotopic (exact) mass is 222 g/mol. The van der Waals surface area contributed by atoms with Crippen LogP contribution in [0.25, 0.3) is 0 Å². The largest absolute Gasteiger partial charge is 0.379 e. The van der Waals surface area contributed by atoms with E-state index in [1.165, 1.54) is 14.2 Å². The first kappa shape index (κ1) is 12.9. The summed E-state index contributed by atoms with van der Waals surface area (Å²) in [5.74, 6) is 0. The normalized spacial score (nSPS) is 14.8. The summed E-state index contributed by atoms with van der Waals surface area (Å²) in [6.45, 7) is 3.65. The molecule has 16 heavy (non-hydrogen) atoms. The molecule has 1 rings (SSSR count). The molecule has 88 valence electrons. The van der Waals surface area contributed by atoms with E-state index in [2.05, 4.69) is 6.58 Å².